The van der Waals surface area contributed by atoms with Gasteiger partial charge in [-0.05, 0) is 37.6 Å². The quantitative estimate of drug-likeness (QED) is 0.454. The summed E-state index contributed by atoms with van der Waals surface area (Å²) in [7, 11) is 0. The number of nitrogens with one attached hydrogen (secondary N) is 1. The molecule has 0 aliphatic rings. The molecule has 0 heterocycles. The zero-order valence-corrected chi connectivity index (χ0v) is 16.9. The molecule has 3 aromatic rings. The predicted octanol–water partition coefficient (Wildman–Crippen LogP) is 4.84. The molecular weight excluding hydrogens is 378 g/mol. The van der Waals surface area contributed by atoms with E-state index in [1.54, 1.807) is 68.4 Å². The van der Waals surface area contributed by atoms with Crippen LogP contribution < -0.4 is 5.32 Å². The van der Waals surface area contributed by atoms with Gasteiger partial charge in [0.05, 0.1) is 23.8 Å². The topological polar surface area (TPSA) is 72.5 Å². The molecule has 1 atom stereocenters. The zero-order chi connectivity index (χ0) is 21.5. The molecule has 0 fully saturated rings. The normalized spacial score (nSPS) is 11.4. The minimum atomic E-state index is -0.524. The van der Waals surface area contributed by atoms with E-state index in [1.165, 1.54) is 0 Å². The van der Waals surface area contributed by atoms with E-state index in [1.807, 2.05) is 24.3 Å². The maximum atomic E-state index is 12.8. The monoisotopic (exact) mass is 401 g/mol. The zero-order valence-electron chi connectivity index (χ0n) is 16.9. The van der Waals surface area contributed by atoms with Gasteiger partial charge in [-0.15, -0.1) is 0 Å². The smallest absolute Gasteiger partial charge is 0.340 e. The first-order valence-corrected chi connectivity index (χ1v) is 9.78. The van der Waals surface area contributed by atoms with Crippen molar-refractivity contribution in [1.29, 1.82) is 0 Å². The SMILES string of the molecule is CCOC(=O)c1ccccc1NC(=O)C(C)c1cccc(C(=O)c2ccccc2)c1. The fourth-order valence-electron chi connectivity index (χ4n) is 3.08. The van der Waals surface area contributed by atoms with Gasteiger partial charge in [0.1, 0.15) is 0 Å². The molecule has 152 valence electrons. The van der Waals surface area contributed by atoms with Crippen molar-refractivity contribution in [2.45, 2.75) is 19.8 Å². The summed E-state index contributed by atoms with van der Waals surface area (Å²) in [5.41, 5.74) is 2.51. The van der Waals surface area contributed by atoms with Gasteiger partial charge in [0.25, 0.3) is 0 Å². The summed E-state index contributed by atoms with van der Waals surface area (Å²) < 4.78 is 5.05. The molecule has 5 nitrogen and oxygen atoms in total. The van der Waals surface area contributed by atoms with Gasteiger partial charge in [0.15, 0.2) is 5.78 Å². The van der Waals surface area contributed by atoms with Crippen molar-refractivity contribution in [2.75, 3.05) is 11.9 Å². The van der Waals surface area contributed by atoms with Crippen molar-refractivity contribution < 1.29 is 19.1 Å². The first-order chi connectivity index (χ1) is 14.5. The van der Waals surface area contributed by atoms with E-state index in [0.29, 0.717) is 27.9 Å². The molecule has 5 heteroatoms. The van der Waals surface area contributed by atoms with Gasteiger partial charge in [-0.3, -0.25) is 9.59 Å². The third kappa shape index (κ3) is 4.81. The van der Waals surface area contributed by atoms with Crippen LogP contribution in [0.2, 0.25) is 0 Å². The standard InChI is InChI=1S/C25H23NO4/c1-3-30-25(29)21-14-7-8-15-22(21)26-24(28)17(2)19-12-9-13-20(16-19)23(27)18-10-5-4-6-11-18/h4-17H,3H2,1-2H3,(H,26,28). The van der Waals surface area contributed by atoms with Gasteiger partial charge in [-0.2, -0.15) is 0 Å². The van der Waals surface area contributed by atoms with Crippen molar-refractivity contribution in [3.8, 4) is 0 Å². The number of ether oxygens (including phenoxy) is 1. The average molecular weight is 401 g/mol. The lowest BCUT2D eigenvalue weighted by Crippen LogP contribution is -2.21. The molecule has 0 saturated carbocycles. The number of carbonyl (C=O) groups is 3. The Morgan fingerprint density at radius 2 is 1.53 bits per heavy atom. The maximum absolute atomic E-state index is 12.8. The highest BCUT2D eigenvalue weighted by Gasteiger charge is 2.20. The maximum Gasteiger partial charge on any atom is 0.340 e. The average Bonchev–Trinajstić information content (AvgIpc) is 2.79. The van der Waals surface area contributed by atoms with E-state index < -0.39 is 11.9 Å². The Bertz CT molecular complexity index is 1060. The van der Waals surface area contributed by atoms with Crippen LogP contribution in [-0.2, 0) is 9.53 Å². The summed E-state index contributed by atoms with van der Waals surface area (Å²) in [5, 5.41) is 2.80. The molecule has 1 unspecified atom stereocenters. The van der Waals surface area contributed by atoms with E-state index in [-0.39, 0.29) is 18.3 Å². The molecule has 3 aromatic carbocycles. The van der Waals surface area contributed by atoms with Crippen LogP contribution in [-0.4, -0.2) is 24.3 Å². The van der Waals surface area contributed by atoms with Gasteiger partial charge in [0, 0.05) is 11.1 Å². The van der Waals surface area contributed by atoms with Crippen LogP contribution in [0.4, 0.5) is 5.69 Å². The second kappa shape index (κ2) is 9.65. The van der Waals surface area contributed by atoms with Crippen molar-refractivity contribution in [3.05, 3.63) is 101 Å². The Balaban J connectivity index is 1.79. The molecule has 0 aromatic heterocycles. The molecule has 0 radical (unpaired) electrons. The number of anilines is 1. The van der Waals surface area contributed by atoms with Gasteiger partial charge in [-0.25, -0.2) is 4.79 Å². The van der Waals surface area contributed by atoms with E-state index in [0.717, 1.165) is 0 Å². The minimum Gasteiger partial charge on any atom is -0.462 e. The van der Waals surface area contributed by atoms with Crippen molar-refractivity contribution in [2.24, 2.45) is 0 Å². The van der Waals surface area contributed by atoms with E-state index in [2.05, 4.69) is 5.32 Å². The highest BCUT2D eigenvalue weighted by Crippen LogP contribution is 2.23. The van der Waals surface area contributed by atoms with Crippen LogP contribution in [0.1, 0.15) is 51.6 Å². The van der Waals surface area contributed by atoms with Crippen molar-refractivity contribution in [1.82, 2.24) is 0 Å². The summed E-state index contributed by atoms with van der Waals surface area (Å²) in [6.45, 7) is 3.74. The van der Waals surface area contributed by atoms with Crippen molar-refractivity contribution >= 4 is 23.3 Å². The lowest BCUT2D eigenvalue weighted by molar-refractivity contribution is -0.117. The number of ketones is 1. The number of carbonyl (C=O) groups excluding carboxylic acids is 3. The Labute approximate surface area is 175 Å². The molecule has 0 aliphatic heterocycles. The number of hydrogen-bond donors (Lipinski definition) is 1. The fraction of sp³-hybridized carbons (Fsp3) is 0.160. The number of benzene rings is 3. The van der Waals surface area contributed by atoms with Crippen LogP contribution in [0, 0.1) is 0 Å². The first kappa shape index (κ1) is 21.0. The molecule has 1 amide bonds. The molecule has 3 rings (SSSR count). The second-order valence-corrected chi connectivity index (χ2v) is 6.80. The van der Waals surface area contributed by atoms with E-state index in [4.69, 9.17) is 4.74 Å². The van der Waals surface area contributed by atoms with Gasteiger partial charge < -0.3 is 10.1 Å². The van der Waals surface area contributed by atoms with Crippen LogP contribution in [0.3, 0.4) is 0 Å². The van der Waals surface area contributed by atoms with Crippen LogP contribution in [0.15, 0.2) is 78.9 Å². The van der Waals surface area contributed by atoms with Crippen LogP contribution in [0.5, 0.6) is 0 Å². The largest absolute Gasteiger partial charge is 0.462 e. The summed E-state index contributed by atoms with van der Waals surface area (Å²) >= 11 is 0. The minimum absolute atomic E-state index is 0.0993. The number of rotatable bonds is 7. The van der Waals surface area contributed by atoms with E-state index in [9.17, 15) is 14.4 Å². The summed E-state index contributed by atoms with van der Waals surface area (Å²) in [5.74, 6) is -1.39. The summed E-state index contributed by atoms with van der Waals surface area (Å²) in [6.07, 6.45) is 0. The Kier molecular flexibility index (Phi) is 6.75. The molecule has 0 bridgehead atoms. The van der Waals surface area contributed by atoms with Crippen molar-refractivity contribution in [3.63, 3.8) is 0 Å². The van der Waals surface area contributed by atoms with E-state index >= 15 is 0 Å². The van der Waals surface area contributed by atoms with Gasteiger partial charge in [-0.1, -0.05) is 60.7 Å². The predicted molar refractivity (Wildman–Crippen MR) is 116 cm³/mol. The van der Waals surface area contributed by atoms with Crippen LogP contribution in [0.25, 0.3) is 0 Å². The highest BCUT2D eigenvalue weighted by atomic mass is 16.5. The molecular formula is C25H23NO4. The number of esters is 1. The third-order valence-electron chi connectivity index (χ3n) is 4.76. The first-order valence-electron chi connectivity index (χ1n) is 9.78. The van der Waals surface area contributed by atoms with Crippen LogP contribution >= 0.6 is 0 Å². The third-order valence-corrected chi connectivity index (χ3v) is 4.76. The lowest BCUT2D eigenvalue weighted by atomic mass is 9.95. The Morgan fingerprint density at radius 1 is 0.867 bits per heavy atom. The summed E-state index contributed by atoms with van der Waals surface area (Å²) in [4.78, 5) is 37.7. The molecule has 0 saturated heterocycles. The number of para-hydroxylation sites is 1. The second-order valence-electron chi connectivity index (χ2n) is 6.80. The lowest BCUT2D eigenvalue weighted by Gasteiger charge is -2.15. The summed E-state index contributed by atoms with van der Waals surface area (Å²) in [6, 6.07) is 22.8. The van der Waals surface area contributed by atoms with Gasteiger partial charge >= 0.3 is 5.97 Å². The highest BCUT2D eigenvalue weighted by molar-refractivity contribution is 6.09. The van der Waals surface area contributed by atoms with Gasteiger partial charge in [0.2, 0.25) is 5.91 Å². The Morgan fingerprint density at radius 3 is 2.27 bits per heavy atom. The Hall–Kier alpha value is -3.73. The molecule has 0 aliphatic carbocycles. The number of amides is 1. The molecule has 0 spiro atoms. The molecule has 30 heavy (non-hydrogen) atoms. The fourth-order valence-corrected chi connectivity index (χ4v) is 3.08. The number of hydrogen-bond acceptors (Lipinski definition) is 4. The molecule has 1 N–H and O–H groups in total.